The third-order valence-corrected chi connectivity index (χ3v) is 1.88. The van der Waals surface area contributed by atoms with Crippen molar-refractivity contribution in [1.29, 1.82) is 0 Å². The first kappa shape index (κ1) is 12.4. The molecule has 4 nitrogen and oxygen atoms in total. The zero-order valence-electron chi connectivity index (χ0n) is 10.0. The summed E-state index contributed by atoms with van der Waals surface area (Å²) in [5.41, 5.74) is 5.92. The zero-order valence-corrected chi connectivity index (χ0v) is 10.0. The SMILES string of the molecule is COc1ccc(C(=O)OC(C)(C)C)c(N)c1. The van der Waals surface area contributed by atoms with E-state index >= 15 is 0 Å². The van der Waals surface area contributed by atoms with Gasteiger partial charge < -0.3 is 15.2 Å². The number of rotatable bonds is 2. The fourth-order valence-electron chi connectivity index (χ4n) is 1.19. The second-order valence-electron chi connectivity index (χ2n) is 4.46. The van der Waals surface area contributed by atoms with Crippen LogP contribution in [0.25, 0.3) is 0 Å². The van der Waals surface area contributed by atoms with Crippen LogP contribution in [0.4, 0.5) is 5.69 Å². The van der Waals surface area contributed by atoms with Crippen LogP contribution < -0.4 is 10.5 Å². The molecular weight excluding hydrogens is 206 g/mol. The third kappa shape index (κ3) is 3.15. The quantitative estimate of drug-likeness (QED) is 0.617. The third-order valence-electron chi connectivity index (χ3n) is 1.88. The molecule has 16 heavy (non-hydrogen) atoms. The summed E-state index contributed by atoms with van der Waals surface area (Å²) in [6.07, 6.45) is 0. The molecule has 0 aromatic heterocycles. The molecule has 4 heteroatoms. The number of hydrogen-bond acceptors (Lipinski definition) is 4. The first-order valence-electron chi connectivity index (χ1n) is 5.00. The number of nitrogens with two attached hydrogens (primary N) is 1. The van der Waals surface area contributed by atoms with Gasteiger partial charge in [0.05, 0.1) is 12.7 Å². The van der Waals surface area contributed by atoms with E-state index in [0.29, 0.717) is 17.0 Å². The van der Waals surface area contributed by atoms with E-state index in [2.05, 4.69) is 0 Å². The van der Waals surface area contributed by atoms with Crippen molar-refractivity contribution >= 4 is 11.7 Å². The summed E-state index contributed by atoms with van der Waals surface area (Å²) < 4.78 is 10.2. The molecule has 88 valence electrons. The number of carbonyl (C=O) groups excluding carboxylic acids is 1. The van der Waals surface area contributed by atoms with Gasteiger partial charge in [-0.3, -0.25) is 0 Å². The molecule has 0 amide bonds. The first-order chi connectivity index (χ1) is 7.33. The predicted molar refractivity (Wildman–Crippen MR) is 62.6 cm³/mol. The number of ether oxygens (including phenoxy) is 2. The number of nitrogen functional groups attached to an aromatic ring is 1. The molecule has 0 fully saturated rings. The van der Waals surface area contributed by atoms with Crippen LogP contribution in [0, 0.1) is 0 Å². The number of esters is 1. The van der Waals surface area contributed by atoms with E-state index in [1.165, 1.54) is 0 Å². The Balaban J connectivity index is 2.93. The molecule has 2 N–H and O–H groups in total. The van der Waals surface area contributed by atoms with Crippen LogP contribution in [0.5, 0.6) is 5.75 Å². The number of carbonyl (C=O) groups is 1. The van der Waals surface area contributed by atoms with E-state index in [4.69, 9.17) is 15.2 Å². The number of benzene rings is 1. The van der Waals surface area contributed by atoms with Gasteiger partial charge >= 0.3 is 5.97 Å². The first-order valence-corrected chi connectivity index (χ1v) is 5.00. The molecule has 1 rings (SSSR count). The highest BCUT2D eigenvalue weighted by Crippen LogP contribution is 2.22. The maximum atomic E-state index is 11.7. The van der Waals surface area contributed by atoms with Crippen LogP contribution in [0.3, 0.4) is 0 Å². The molecule has 0 aliphatic heterocycles. The molecule has 0 spiro atoms. The maximum absolute atomic E-state index is 11.7. The lowest BCUT2D eigenvalue weighted by atomic mass is 10.1. The molecular formula is C12H17NO3. The smallest absolute Gasteiger partial charge is 0.340 e. The predicted octanol–water partition coefficient (Wildman–Crippen LogP) is 2.23. The van der Waals surface area contributed by atoms with Gasteiger partial charge in [0.25, 0.3) is 0 Å². The van der Waals surface area contributed by atoms with E-state index in [9.17, 15) is 4.79 Å². The van der Waals surface area contributed by atoms with Crippen molar-refractivity contribution in [1.82, 2.24) is 0 Å². The van der Waals surface area contributed by atoms with Crippen LogP contribution in [0.2, 0.25) is 0 Å². The van der Waals surface area contributed by atoms with Crippen molar-refractivity contribution in [3.05, 3.63) is 23.8 Å². The zero-order chi connectivity index (χ0) is 12.3. The maximum Gasteiger partial charge on any atom is 0.340 e. The van der Waals surface area contributed by atoms with Gasteiger partial charge in [0, 0.05) is 11.8 Å². The lowest BCUT2D eigenvalue weighted by Gasteiger charge is -2.20. The Morgan fingerprint density at radius 3 is 2.38 bits per heavy atom. The summed E-state index contributed by atoms with van der Waals surface area (Å²) in [6, 6.07) is 4.87. The minimum Gasteiger partial charge on any atom is -0.497 e. The van der Waals surface area contributed by atoms with Crippen molar-refractivity contribution in [3.8, 4) is 5.75 Å². The van der Waals surface area contributed by atoms with Crippen LogP contribution >= 0.6 is 0 Å². The van der Waals surface area contributed by atoms with Gasteiger partial charge in [0.15, 0.2) is 0 Å². The van der Waals surface area contributed by atoms with Crippen molar-refractivity contribution in [2.75, 3.05) is 12.8 Å². The second-order valence-corrected chi connectivity index (χ2v) is 4.46. The van der Waals surface area contributed by atoms with Gasteiger partial charge in [0.1, 0.15) is 11.4 Å². The van der Waals surface area contributed by atoms with Gasteiger partial charge in [-0.1, -0.05) is 0 Å². The van der Waals surface area contributed by atoms with Gasteiger partial charge in [0.2, 0.25) is 0 Å². The Morgan fingerprint density at radius 2 is 1.94 bits per heavy atom. The van der Waals surface area contributed by atoms with Crippen LogP contribution in [0.15, 0.2) is 18.2 Å². The Labute approximate surface area is 95.3 Å². The van der Waals surface area contributed by atoms with Crippen molar-refractivity contribution < 1.29 is 14.3 Å². The molecule has 0 unspecified atom stereocenters. The minimum absolute atomic E-state index is 0.355. The Kier molecular flexibility index (Phi) is 3.42. The monoisotopic (exact) mass is 223 g/mol. The summed E-state index contributed by atoms with van der Waals surface area (Å²) >= 11 is 0. The van der Waals surface area contributed by atoms with E-state index in [0.717, 1.165) is 0 Å². The largest absolute Gasteiger partial charge is 0.497 e. The number of hydrogen-bond donors (Lipinski definition) is 1. The van der Waals surface area contributed by atoms with E-state index < -0.39 is 11.6 Å². The second kappa shape index (κ2) is 4.43. The lowest BCUT2D eigenvalue weighted by molar-refractivity contribution is 0.00708. The summed E-state index contributed by atoms with van der Waals surface area (Å²) in [5, 5.41) is 0. The molecule has 0 bridgehead atoms. The fraction of sp³-hybridized carbons (Fsp3) is 0.417. The Hall–Kier alpha value is -1.71. The average Bonchev–Trinajstić information content (AvgIpc) is 2.14. The standard InChI is InChI=1S/C12H17NO3/c1-12(2,3)16-11(14)9-6-5-8(15-4)7-10(9)13/h5-7H,13H2,1-4H3. The summed E-state index contributed by atoms with van der Waals surface area (Å²) in [4.78, 5) is 11.7. The van der Waals surface area contributed by atoms with Crippen molar-refractivity contribution in [2.45, 2.75) is 26.4 Å². The summed E-state index contributed by atoms with van der Waals surface area (Å²) in [6.45, 7) is 5.43. The van der Waals surface area contributed by atoms with Crippen LogP contribution in [-0.2, 0) is 4.74 Å². The lowest BCUT2D eigenvalue weighted by Crippen LogP contribution is -2.24. The number of methoxy groups -OCH3 is 1. The van der Waals surface area contributed by atoms with Gasteiger partial charge in [-0.05, 0) is 32.9 Å². The summed E-state index contributed by atoms with van der Waals surface area (Å²) in [7, 11) is 1.54. The van der Waals surface area contributed by atoms with Gasteiger partial charge in [-0.15, -0.1) is 0 Å². The Morgan fingerprint density at radius 1 is 1.31 bits per heavy atom. The normalized spacial score (nSPS) is 11.0. The Bertz CT molecular complexity index is 394. The highest BCUT2D eigenvalue weighted by atomic mass is 16.6. The molecule has 0 radical (unpaired) electrons. The molecule has 0 aliphatic carbocycles. The molecule has 0 aliphatic rings. The molecule has 0 atom stereocenters. The van der Waals surface area contributed by atoms with Gasteiger partial charge in [-0.25, -0.2) is 4.79 Å². The van der Waals surface area contributed by atoms with E-state index in [-0.39, 0.29) is 0 Å². The molecule has 0 saturated carbocycles. The molecule has 1 aromatic carbocycles. The van der Waals surface area contributed by atoms with E-state index in [1.807, 2.05) is 20.8 Å². The number of anilines is 1. The van der Waals surface area contributed by atoms with E-state index in [1.54, 1.807) is 25.3 Å². The topological polar surface area (TPSA) is 61.5 Å². The summed E-state index contributed by atoms with van der Waals surface area (Å²) in [5.74, 6) is 0.192. The van der Waals surface area contributed by atoms with Gasteiger partial charge in [-0.2, -0.15) is 0 Å². The van der Waals surface area contributed by atoms with Crippen LogP contribution in [-0.4, -0.2) is 18.7 Å². The van der Waals surface area contributed by atoms with Crippen LogP contribution in [0.1, 0.15) is 31.1 Å². The average molecular weight is 223 g/mol. The highest BCUT2D eigenvalue weighted by molar-refractivity contribution is 5.95. The van der Waals surface area contributed by atoms with Crippen molar-refractivity contribution in [3.63, 3.8) is 0 Å². The molecule has 0 saturated heterocycles. The molecule has 0 heterocycles. The fourth-order valence-corrected chi connectivity index (χ4v) is 1.19. The highest BCUT2D eigenvalue weighted by Gasteiger charge is 2.19. The molecule has 1 aromatic rings. The van der Waals surface area contributed by atoms with Crippen molar-refractivity contribution in [2.24, 2.45) is 0 Å². The minimum atomic E-state index is -0.524.